The molecule has 3 aromatic rings. The molecule has 0 saturated heterocycles. The van der Waals surface area contributed by atoms with Crippen LogP contribution in [0.5, 0.6) is 5.75 Å². The third-order valence-electron chi connectivity index (χ3n) is 4.38. The van der Waals surface area contributed by atoms with Crippen molar-refractivity contribution in [3.05, 3.63) is 53.3 Å². The molecule has 0 unspecified atom stereocenters. The summed E-state index contributed by atoms with van der Waals surface area (Å²) in [6, 6.07) is 10.5. The lowest BCUT2D eigenvalue weighted by Gasteiger charge is -2.14. The van der Waals surface area contributed by atoms with Gasteiger partial charge in [0, 0.05) is 30.2 Å². The molecule has 0 aliphatic heterocycles. The van der Waals surface area contributed by atoms with Gasteiger partial charge in [-0.1, -0.05) is 32.9 Å². The van der Waals surface area contributed by atoms with Crippen LogP contribution in [-0.2, 0) is 22.6 Å². The lowest BCUT2D eigenvalue weighted by atomic mass is 10.1. The Bertz CT molecular complexity index is 1030. The number of aliphatic carboxylic acids is 1. The topological polar surface area (TPSA) is 94.7 Å². The maximum Gasteiger partial charge on any atom is 0.303 e. The maximum absolute atomic E-state index is 13.7. The molecule has 8 heteroatoms. The molecule has 0 aliphatic rings. The third kappa shape index (κ3) is 8.59. The number of nitrogens with zero attached hydrogens (tertiary/aromatic N) is 2. The second-order valence-corrected chi connectivity index (χ2v) is 7.25. The molecule has 1 heterocycles. The molecule has 34 heavy (non-hydrogen) atoms. The number of aromatic nitrogens is 2. The molecule has 0 radical (unpaired) electrons. The fraction of sp³-hybridized carbons (Fsp3) is 0.423. The Morgan fingerprint density at radius 1 is 1.09 bits per heavy atom. The van der Waals surface area contributed by atoms with Crippen LogP contribution in [0.25, 0.3) is 22.8 Å². The standard InChI is InChI=1S/C21H23FN2O3.C3H6O2.C2H6/c1-5-14-10-15(6-8-18(14)22)20-23-21(27-24-20)16-7-9-19(26-13(2)3)17(11-16)12-25-4;1-2-3(4)5;1-2/h6-11,13H,5,12H2,1-4H3;2H2,1H3,(H,4,5);1-2H3. The molecule has 0 saturated carbocycles. The SMILES string of the molecule is CC.CCC(=O)O.CCc1cc(-c2noc(-c3ccc(OC(C)C)c(COC)c3)n2)ccc1F. The molecule has 0 amide bonds. The van der Waals surface area contributed by atoms with Crippen LogP contribution < -0.4 is 4.74 Å². The van der Waals surface area contributed by atoms with Gasteiger partial charge in [0.25, 0.3) is 5.89 Å². The van der Waals surface area contributed by atoms with Gasteiger partial charge in [-0.25, -0.2) is 4.39 Å². The Kier molecular flexibility index (Phi) is 12.5. The van der Waals surface area contributed by atoms with Gasteiger partial charge in [0.05, 0.1) is 12.7 Å². The molecule has 2 aromatic carbocycles. The summed E-state index contributed by atoms with van der Waals surface area (Å²) in [6.07, 6.45) is 0.884. The second-order valence-electron chi connectivity index (χ2n) is 7.25. The van der Waals surface area contributed by atoms with Crippen LogP contribution in [0.15, 0.2) is 40.9 Å². The van der Waals surface area contributed by atoms with Gasteiger partial charge in [-0.15, -0.1) is 0 Å². The van der Waals surface area contributed by atoms with Gasteiger partial charge in [0.1, 0.15) is 11.6 Å². The minimum absolute atomic E-state index is 0.0627. The minimum atomic E-state index is -0.745. The van der Waals surface area contributed by atoms with Gasteiger partial charge in [0.2, 0.25) is 5.82 Å². The van der Waals surface area contributed by atoms with Gasteiger partial charge in [-0.05, 0) is 62.2 Å². The molecular weight excluding hydrogens is 439 g/mol. The summed E-state index contributed by atoms with van der Waals surface area (Å²) < 4.78 is 30.2. The molecule has 186 valence electrons. The quantitative estimate of drug-likeness (QED) is 0.396. The van der Waals surface area contributed by atoms with Crippen LogP contribution in [-0.4, -0.2) is 34.4 Å². The molecule has 0 spiro atoms. The van der Waals surface area contributed by atoms with E-state index in [1.54, 1.807) is 26.2 Å². The first-order valence-corrected chi connectivity index (χ1v) is 11.4. The van der Waals surface area contributed by atoms with E-state index in [1.807, 2.05) is 52.8 Å². The van der Waals surface area contributed by atoms with E-state index >= 15 is 0 Å². The highest BCUT2D eigenvalue weighted by molar-refractivity contribution is 5.66. The van der Waals surface area contributed by atoms with Crippen molar-refractivity contribution in [2.75, 3.05) is 7.11 Å². The summed E-state index contributed by atoms with van der Waals surface area (Å²) in [5.74, 6) is 0.609. The average molecular weight is 475 g/mol. The Balaban J connectivity index is 0.000000733. The first-order chi connectivity index (χ1) is 16.3. The zero-order chi connectivity index (χ0) is 25.7. The predicted octanol–water partition coefficient (Wildman–Crippen LogP) is 6.55. The number of rotatable bonds is 8. The van der Waals surface area contributed by atoms with Crippen molar-refractivity contribution >= 4 is 5.97 Å². The monoisotopic (exact) mass is 474 g/mol. The highest BCUT2D eigenvalue weighted by Gasteiger charge is 2.15. The predicted molar refractivity (Wildman–Crippen MR) is 130 cm³/mol. The highest BCUT2D eigenvalue weighted by atomic mass is 19.1. The molecule has 1 N–H and O–H groups in total. The number of carbonyl (C=O) groups is 1. The third-order valence-corrected chi connectivity index (χ3v) is 4.38. The lowest BCUT2D eigenvalue weighted by molar-refractivity contribution is -0.136. The molecule has 0 bridgehead atoms. The highest BCUT2D eigenvalue weighted by Crippen LogP contribution is 2.29. The number of carboxylic acid groups (broad SMARTS) is 1. The van der Waals surface area contributed by atoms with E-state index in [4.69, 9.17) is 19.1 Å². The zero-order valence-corrected chi connectivity index (χ0v) is 21.0. The first kappa shape index (κ1) is 28.8. The minimum Gasteiger partial charge on any atom is -0.491 e. The molecule has 0 aliphatic carbocycles. The van der Waals surface area contributed by atoms with E-state index in [1.165, 1.54) is 6.07 Å². The van der Waals surface area contributed by atoms with Crippen LogP contribution in [0, 0.1) is 5.82 Å². The smallest absolute Gasteiger partial charge is 0.303 e. The molecular formula is C26H35FN2O5. The van der Waals surface area contributed by atoms with Crippen molar-refractivity contribution in [3.8, 4) is 28.6 Å². The number of halogens is 1. The van der Waals surface area contributed by atoms with Crippen LogP contribution in [0.1, 0.15) is 59.1 Å². The lowest BCUT2D eigenvalue weighted by Crippen LogP contribution is -2.08. The van der Waals surface area contributed by atoms with E-state index in [-0.39, 0.29) is 18.3 Å². The molecule has 3 rings (SSSR count). The van der Waals surface area contributed by atoms with Crippen LogP contribution >= 0.6 is 0 Å². The number of methoxy groups -OCH3 is 1. The Morgan fingerprint density at radius 2 is 1.71 bits per heavy atom. The summed E-state index contributed by atoms with van der Waals surface area (Å²) in [4.78, 5) is 13.8. The maximum atomic E-state index is 13.7. The van der Waals surface area contributed by atoms with Crippen molar-refractivity contribution in [2.45, 2.75) is 67.1 Å². The van der Waals surface area contributed by atoms with E-state index in [9.17, 15) is 9.18 Å². The van der Waals surface area contributed by atoms with Crippen molar-refractivity contribution < 1.29 is 28.3 Å². The molecule has 7 nitrogen and oxygen atoms in total. The van der Waals surface area contributed by atoms with Gasteiger partial charge >= 0.3 is 5.97 Å². The number of ether oxygens (including phenoxy) is 2. The second kappa shape index (κ2) is 14.8. The molecule has 1 aromatic heterocycles. The van der Waals surface area contributed by atoms with E-state index in [0.717, 1.165) is 22.4 Å². The Hall–Kier alpha value is -3.26. The van der Waals surface area contributed by atoms with Crippen LogP contribution in [0.4, 0.5) is 4.39 Å². The number of hydrogen-bond acceptors (Lipinski definition) is 6. The Morgan fingerprint density at radius 3 is 2.26 bits per heavy atom. The van der Waals surface area contributed by atoms with Gasteiger partial charge in [-0.2, -0.15) is 4.98 Å². The van der Waals surface area contributed by atoms with Gasteiger partial charge < -0.3 is 19.1 Å². The zero-order valence-electron chi connectivity index (χ0n) is 21.0. The summed E-state index contributed by atoms with van der Waals surface area (Å²) in [6.45, 7) is 11.9. The van der Waals surface area contributed by atoms with Gasteiger partial charge in [-0.3, -0.25) is 4.79 Å². The normalized spacial score (nSPS) is 10.1. The van der Waals surface area contributed by atoms with Gasteiger partial charge in [0.15, 0.2) is 0 Å². The fourth-order valence-electron chi connectivity index (χ4n) is 2.79. The van der Waals surface area contributed by atoms with E-state index < -0.39 is 5.97 Å². The molecule has 0 fully saturated rings. The number of hydrogen-bond donors (Lipinski definition) is 1. The van der Waals surface area contributed by atoms with Crippen LogP contribution in [0.2, 0.25) is 0 Å². The largest absolute Gasteiger partial charge is 0.491 e. The Labute approximate surface area is 200 Å². The fourth-order valence-corrected chi connectivity index (χ4v) is 2.79. The van der Waals surface area contributed by atoms with Crippen molar-refractivity contribution in [3.63, 3.8) is 0 Å². The summed E-state index contributed by atoms with van der Waals surface area (Å²) in [5, 5.41) is 11.8. The first-order valence-electron chi connectivity index (χ1n) is 11.4. The van der Waals surface area contributed by atoms with Crippen molar-refractivity contribution in [1.29, 1.82) is 0 Å². The summed E-state index contributed by atoms with van der Waals surface area (Å²) >= 11 is 0. The van der Waals surface area contributed by atoms with Crippen molar-refractivity contribution in [2.24, 2.45) is 0 Å². The average Bonchev–Trinajstić information content (AvgIpc) is 3.32. The number of carboxylic acids is 1. The summed E-state index contributed by atoms with van der Waals surface area (Å²) in [7, 11) is 1.64. The van der Waals surface area contributed by atoms with Crippen LogP contribution in [0.3, 0.4) is 0 Å². The van der Waals surface area contributed by atoms with E-state index in [2.05, 4.69) is 10.1 Å². The number of aryl methyl sites for hydroxylation is 1. The molecule has 0 atom stereocenters. The van der Waals surface area contributed by atoms with E-state index in [0.29, 0.717) is 30.3 Å². The van der Waals surface area contributed by atoms with Crippen molar-refractivity contribution in [1.82, 2.24) is 10.1 Å². The summed E-state index contributed by atoms with van der Waals surface area (Å²) in [5.41, 5.74) is 3.02. The number of benzene rings is 2.